The summed E-state index contributed by atoms with van der Waals surface area (Å²) < 4.78 is 6.15. The van der Waals surface area contributed by atoms with E-state index < -0.39 is 0 Å². The van der Waals surface area contributed by atoms with E-state index >= 15 is 0 Å². The van der Waals surface area contributed by atoms with Gasteiger partial charge in [-0.05, 0) is 34.1 Å². The molecule has 1 amide bonds. The molecule has 1 rings (SSSR count). The number of hydrogen-bond donors (Lipinski definition) is 0. The SMILES string of the molecule is CN(C)C(=O)CCOc1ccc(C=O)cc1Br. The molecule has 0 aliphatic heterocycles. The summed E-state index contributed by atoms with van der Waals surface area (Å²) in [6.45, 7) is 0.316. The summed E-state index contributed by atoms with van der Waals surface area (Å²) in [6, 6.07) is 5.05. The number of ether oxygens (including phenoxy) is 1. The lowest BCUT2D eigenvalue weighted by Crippen LogP contribution is -2.23. The summed E-state index contributed by atoms with van der Waals surface area (Å²) in [7, 11) is 3.41. The van der Waals surface area contributed by atoms with Crippen molar-refractivity contribution in [3.63, 3.8) is 0 Å². The molecular formula is C12H14BrNO3. The molecule has 5 heteroatoms. The molecule has 0 fully saturated rings. The third-order valence-electron chi connectivity index (χ3n) is 2.16. The maximum absolute atomic E-state index is 11.3. The predicted molar refractivity (Wildman–Crippen MR) is 68.3 cm³/mol. The quantitative estimate of drug-likeness (QED) is 0.783. The number of halogens is 1. The van der Waals surface area contributed by atoms with E-state index in [1.807, 2.05) is 0 Å². The van der Waals surface area contributed by atoms with Crippen molar-refractivity contribution in [1.29, 1.82) is 0 Å². The van der Waals surface area contributed by atoms with Crippen LogP contribution in [0.3, 0.4) is 0 Å². The molecule has 92 valence electrons. The van der Waals surface area contributed by atoms with Gasteiger partial charge in [-0.1, -0.05) is 0 Å². The largest absolute Gasteiger partial charge is 0.492 e. The first-order valence-electron chi connectivity index (χ1n) is 5.12. The van der Waals surface area contributed by atoms with Gasteiger partial charge in [-0.3, -0.25) is 9.59 Å². The number of amides is 1. The van der Waals surface area contributed by atoms with E-state index in [1.165, 1.54) is 4.90 Å². The molecule has 1 aromatic rings. The van der Waals surface area contributed by atoms with Gasteiger partial charge in [-0.2, -0.15) is 0 Å². The second-order valence-corrected chi connectivity index (χ2v) is 4.55. The van der Waals surface area contributed by atoms with Crippen LogP contribution in [0.15, 0.2) is 22.7 Å². The summed E-state index contributed by atoms with van der Waals surface area (Å²) in [5, 5.41) is 0. The molecule has 1 aromatic carbocycles. The molecule has 0 heterocycles. The van der Waals surface area contributed by atoms with Crippen molar-refractivity contribution in [2.75, 3.05) is 20.7 Å². The summed E-state index contributed by atoms with van der Waals surface area (Å²) in [5.41, 5.74) is 0.577. The van der Waals surface area contributed by atoms with Crippen LogP contribution in [0.4, 0.5) is 0 Å². The Kier molecular flexibility index (Phi) is 5.15. The topological polar surface area (TPSA) is 46.6 Å². The lowest BCUT2D eigenvalue weighted by Gasteiger charge is -2.11. The summed E-state index contributed by atoms with van der Waals surface area (Å²) in [5.74, 6) is 0.646. The average molecular weight is 300 g/mol. The van der Waals surface area contributed by atoms with Crippen LogP contribution in [0.2, 0.25) is 0 Å². The molecule has 4 nitrogen and oxygen atoms in total. The standard InChI is InChI=1S/C12H14BrNO3/c1-14(2)12(16)5-6-17-11-4-3-9(8-15)7-10(11)13/h3-4,7-8H,5-6H2,1-2H3. The molecule has 0 spiro atoms. The van der Waals surface area contributed by atoms with Crippen molar-refractivity contribution >= 4 is 28.1 Å². The molecule has 0 radical (unpaired) electrons. The van der Waals surface area contributed by atoms with E-state index in [-0.39, 0.29) is 5.91 Å². The predicted octanol–water partition coefficient (Wildman–Crippen LogP) is 2.12. The Morgan fingerprint density at radius 2 is 2.18 bits per heavy atom. The maximum atomic E-state index is 11.3. The number of hydrogen-bond acceptors (Lipinski definition) is 3. The summed E-state index contributed by atoms with van der Waals surface area (Å²) >= 11 is 3.30. The van der Waals surface area contributed by atoms with Gasteiger partial charge in [-0.25, -0.2) is 0 Å². The van der Waals surface area contributed by atoms with Gasteiger partial charge in [0.05, 0.1) is 17.5 Å². The van der Waals surface area contributed by atoms with E-state index in [4.69, 9.17) is 4.74 Å². The Balaban J connectivity index is 2.52. The molecular weight excluding hydrogens is 286 g/mol. The number of nitrogens with zero attached hydrogens (tertiary/aromatic N) is 1. The number of aldehydes is 1. The van der Waals surface area contributed by atoms with Gasteiger partial charge in [0.15, 0.2) is 0 Å². The normalized spacial score (nSPS) is 9.82. The number of rotatable bonds is 5. The molecule has 0 aliphatic carbocycles. The molecule has 0 saturated heterocycles. The minimum absolute atomic E-state index is 0.0191. The van der Waals surface area contributed by atoms with Gasteiger partial charge in [0, 0.05) is 19.7 Å². The zero-order valence-electron chi connectivity index (χ0n) is 9.77. The maximum Gasteiger partial charge on any atom is 0.225 e. The van der Waals surface area contributed by atoms with Crippen molar-refractivity contribution in [1.82, 2.24) is 4.90 Å². The van der Waals surface area contributed by atoms with Crippen molar-refractivity contribution in [3.8, 4) is 5.75 Å². The molecule has 0 N–H and O–H groups in total. The van der Waals surface area contributed by atoms with E-state index in [2.05, 4.69) is 15.9 Å². The van der Waals surface area contributed by atoms with Crippen LogP contribution in [0.5, 0.6) is 5.75 Å². The smallest absolute Gasteiger partial charge is 0.225 e. The van der Waals surface area contributed by atoms with Gasteiger partial charge < -0.3 is 9.64 Å². The first-order valence-corrected chi connectivity index (χ1v) is 5.91. The van der Waals surface area contributed by atoms with Crippen LogP contribution in [0, 0.1) is 0 Å². The minimum Gasteiger partial charge on any atom is -0.492 e. The van der Waals surface area contributed by atoms with Gasteiger partial charge in [-0.15, -0.1) is 0 Å². The average Bonchev–Trinajstić information content (AvgIpc) is 2.30. The van der Waals surface area contributed by atoms with Crippen LogP contribution < -0.4 is 4.74 Å². The highest BCUT2D eigenvalue weighted by molar-refractivity contribution is 9.10. The van der Waals surface area contributed by atoms with Gasteiger partial charge >= 0.3 is 0 Å². The van der Waals surface area contributed by atoms with E-state index in [0.717, 1.165) is 6.29 Å². The van der Waals surface area contributed by atoms with E-state index in [1.54, 1.807) is 32.3 Å². The second-order valence-electron chi connectivity index (χ2n) is 3.69. The van der Waals surface area contributed by atoms with Crippen LogP contribution in [-0.2, 0) is 4.79 Å². The molecule has 0 unspecified atom stereocenters. The van der Waals surface area contributed by atoms with Gasteiger partial charge in [0.25, 0.3) is 0 Å². The molecule has 0 aromatic heterocycles. The molecule has 0 atom stereocenters. The fourth-order valence-electron chi connectivity index (χ4n) is 1.18. The molecule has 0 aliphatic rings. The Labute approximate surface area is 109 Å². The first kappa shape index (κ1) is 13.7. The Morgan fingerprint density at radius 1 is 1.47 bits per heavy atom. The fraction of sp³-hybridized carbons (Fsp3) is 0.333. The number of carbonyl (C=O) groups is 2. The van der Waals surface area contributed by atoms with E-state index in [0.29, 0.717) is 28.8 Å². The molecule has 17 heavy (non-hydrogen) atoms. The van der Waals surface area contributed by atoms with Crippen molar-refractivity contribution in [2.45, 2.75) is 6.42 Å². The summed E-state index contributed by atoms with van der Waals surface area (Å²) in [6.07, 6.45) is 1.10. The van der Waals surface area contributed by atoms with Crippen LogP contribution in [0.25, 0.3) is 0 Å². The number of carbonyl (C=O) groups excluding carboxylic acids is 2. The highest BCUT2D eigenvalue weighted by Gasteiger charge is 2.06. The van der Waals surface area contributed by atoms with Crippen molar-refractivity contribution in [3.05, 3.63) is 28.2 Å². The zero-order chi connectivity index (χ0) is 12.8. The Bertz CT molecular complexity index is 418. The van der Waals surface area contributed by atoms with Gasteiger partial charge in [0.1, 0.15) is 12.0 Å². The van der Waals surface area contributed by atoms with Crippen LogP contribution in [0.1, 0.15) is 16.8 Å². The number of benzene rings is 1. The minimum atomic E-state index is 0.0191. The highest BCUT2D eigenvalue weighted by atomic mass is 79.9. The molecule has 0 saturated carbocycles. The third-order valence-corrected chi connectivity index (χ3v) is 2.78. The lowest BCUT2D eigenvalue weighted by atomic mass is 10.2. The first-order chi connectivity index (χ1) is 8.04. The van der Waals surface area contributed by atoms with E-state index in [9.17, 15) is 9.59 Å². The van der Waals surface area contributed by atoms with Crippen LogP contribution >= 0.6 is 15.9 Å². The van der Waals surface area contributed by atoms with Gasteiger partial charge in [0.2, 0.25) is 5.91 Å². The molecule has 0 bridgehead atoms. The Morgan fingerprint density at radius 3 is 2.71 bits per heavy atom. The highest BCUT2D eigenvalue weighted by Crippen LogP contribution is 2.25. The summed E-state index contributed by atoms with van der Waals surface area (Å²) in [4.78, 5) is 23.4. The third kappa shape index (κ3) is 4.19. The lowest BCUT2D eigenvalue weighted by molar-refractivity contribution is -0.129. The second kappa shape index (κ2) is 6.39. The van der Waals surface area contributed by atoms with Crippen molar-refractivity contribution < 1.29 is 14.3 Å². The van der Waals surface area contributed by atoms with Crippen LogP contribution in [-0.4, -0.2) is 37.8 Å². The Hall–Kier alpha value is -1.36. The monoisotopic (exact) mass is 299 g/mol. The zero-order valence-corrected chi connectivity index (χ0v) is 11.4. The van der Waals surface area contributed by atoms with Crippen molar-refractivity contribution in [2.24, 2.45) is 0 Å². The fourth-order valence-corrected chi connectivity index (χ4v) is 1.69.